The van der Waals surface area contributed by atoms with Gasteiger partial charge in [0.15, 0.2) is 0 Å². The predicted molar refractivity (Wildman–Crippen MR) is 104 cm³/mol. The molecule has 1 N–H and O–H groups in total. The van der Waals surface area contributed by atoms with E-state index in [9.17, 15) is 14.0 Å². The minimum absolute atomic E-state index is 0.0679. The Bertz CT molecular complexity index is 1010. The fourth-order valence-electron chi connectivity index (χ4n) is 3.34. The highest BCUT2D eigenvalue weighted by atomic mass is 19.1. The van der Waals surface area contributed by atoms with Gasteiger partial charge in [0.2, 0.25) is 5.91 Å². The molecular weight excluding hydrogens is 373 g/mol. The van der Waals surface area contributed by atoms with Gasteiger partial charge in [0.1, 0.15) is 17.2 Å². The molecule has 7 nitrogen and oxygen atoms in total. The van der Waals surface area contributed by atoms with Gasteiger partial charge < -0.3 is 9.80 Å². The highest BCUT2D eigenvalue weighted by molar-refractivity contribution is 5.93. The van der Waals surface area contributed by atoms with E-state index in [1.54, 1.807) is 34.2 Å². The molecule has 2 amide bonds. The maximum atomic E-state index is 13.3. The lowest BCUT2D eigenvalue weighted by Gasteiger charge is -2.34. The Kier molecular flexibility index (Phi) is 5.33. The molecule has 8 heteroatoms. The third-order valence-corrected chi connectivity index (χ3v) is 4.90. The molecule has 1 saturated heterocycles. The van der Waals surface area contributed by atoms with Crippen LogP contribution in [-0.2, 0) is 11.2 Å². The number of nitrogens with zero attached hydrogens (tertiary/aromatic N) is 4. The number of hydrogen-bond donors (Lipinski definition) is 1. The molecule has 0 radical (unpaired) electrons. The number of pyridine rings is 1. The molecule has 148 valence electrons. The van der Waals surface area contributed by atoms with Gasteiger partial charge in [-0.05, 0) is 35.9 Å². The number of benzene rings is 1. The van der Waals surface area contributed by atoms with Crippen molar-refractivity contribution < 1.29 is 14.0 Å². The quantitative estimate of drug-likeness (QED) is 0.736. The number of halogens is 1. The number of H-pyrrole nitrogens is 1. The van der Waals surface area contributed by atoms with Crippen LogP contribution in [0.3, 0.4) is 0 Å². The summed E-state index contributed by atoms with van der Waals surface area (Å²) in [6, 6.07) is 13.2. The molecule has 0 bridgehead atoms. The van der Waals surface area contributed by atoms with Crippen molar-refractivity contribution in [2.75, 3.05) is 26.2 Å². The molecule has 3 heterocycles. The van der Waals surface area contributed by atoms with E-state index in [4.69, 9.17) is 0 Å². The van der Waals surface area contributed by atoms with Crippen LogP contribution in [0, 0.1) is 5.82 Å². The van der Waals surface area contributed by atoms with Gasteiger partial charge >= 0.3 is 0 Å². The van der Waals surface area contributed by atoms with Crippen LogP contribution in [0.25, 0.3) is 11.4 Å². The lowest BCUT2D eigenvalue weighted by Crippen LogP contribution is -2.51. The Hall–Kier alpha value is -3.55. The van der Waals surface area contributed by atoms with E-state index in [1.807, 2.05) is 18.2 Å². The molecule has 1 aromatic carbocycles. The molecule has 2 aromatic heterocycles. The Morgan fingerprint density at radius 1 is 0.966 bits per heavy atom. The number of rotatable bonds is 4. The van der Waals surface area contributed by atoms with E-state index >= 15 is 0 Å². The molecule has 1 aliphatic rings. The number of piperazine rings is 1. The zero-order valence-corrected chi connectivity index (χ0v) is 15.7. The van der Waals surface area contributed by atoms with E-state index in [0.717, 1.165) is 0 Å². The molecule has 0 aliphatic carbocycles. The number of aromatic amines is 1. The van der Waals surface area contributed by atoms with Crippen LogP contribution in [0.15, 0.2) is 54.7 Å². The van der Waals surface area contributed by atoms with Crippen molar-refractivity contribution in [3.63, 3.8) is 0 Å². The topological polar surface area (TPSA) is 82.2 Å². The number of aromatic nitrogens is 3. The summed E-state index contributed by atoms with van der Waals surface area (Å²) in [7, 11) is 0. The number of amides is 2. The average molecular weight is 393 g/mol. The highest BCUT2D eigenvalue weighted by Gasteiger charge is 2.26. The normalized spacial score (nSPS) is 14.1. The Morgan fingerprint density at radius 3 is 2.48 bits per heavy atom. The third-order valence-electron chi connectivity index (χ3n) is 4.90. The van der Waals surface area contributed by atoms with Gasteiger partial charge in [-0.3, -0.25) is 19.7 Å². The smallest absolute Gasteiger partial charge is 0.272 e. The van der Waals surface area contributed by atoms with Crippen LogP contribution in [0.4, 0.5) is 4.39 Å². The fourth-order valence-corrected chi connectivity index (χ4v) is 3.34. The van der Waals surface area contributed by atoms with Gasteiger partial charge in [-0.2, -0.15) is 5.10 Å². The Morgan fingerprint density at radius 2 is 1.76 bits per heavy atom. The highest BCUT2D eigenvalue weighted by Crippen LogP contribution is 2.16. The number of carbonyl (C=O) groups is 2. The first-order valence-electron chi connectivity index (χ1n) is 9.38. The van der Waals surface area contributed by atoms with E-state index in [1.165, 1.54) is 12.1 Å². The minimum Gasteiger partial charge on any atom is -0.339 e. The number of hydrogen-bond acceptors (Lipinski definition) is 4. The van der Waals surface area contributed by atoms with Crippen LogP contribution >= 0.6 is 0 Å². The van der Waals surface area contributed by atoms with Gasteiger partial charge in [-0.1, -0.05) is 18.2 Å². The van der Waals surface area contributed by atoms with E-state index in [-0.39, 0.29) is 24.1 Å². The summed E-state index contributed by atoms with van der Waals surface area (Å²) in [6.45, 7) is 1.76. The number of nitrogens with one attached hydrogen (secondary N) is 1. The first-order valence-corrected chi connectivity index (χ1v) is 9.38. The predicted octanol–water partition coefficient (Wildman–Crippen LogP) is 2.14. The van der Waals surface area contributed by atoms with Gasteiger partial charge in [0.05, 0.1) is 12.1 Å². The second kappa shape index (κ2) is 8.22. The summed E-state index contributed by atoms with van der Waals surface area (Å²) in [4.78, 5) is 32.8. The fraction of sp³-hybridized carbons (Fsp3) is 0.238. The first-order chi connectivity index (χ1) is 14.1. The van der Waals surface area contributed by atoms with Crippen LogP contribution in [0.1, 0.15) is 16.1 Å². The van der Waals surface area contributed by atoms with Gasteiger partial charge in [0, 0.05) is 32.4 Å². The molecule has 0 spiro atoms. The summed E-state index contributed by atoms with van der Waals surface area (Å²) in [5.41, 5.74) is 2.34. The first kappa shape index (κ1) is 18.8. The summed E-state index contributed by atoms with van der Waals surface area (Å²) < 4.78 is 13.3. The van der Waals surface area contributed by atoms with E-state index in [0.29, 0.717) is 48.8 Å². The van der Waals surface area contributed by atoms with E-state index in [2.05, 4.69) is 15.2 Å². The molecule has 3 aromatic rings. The third kappa shape index (κ3) is 4.31. The van der Waals surface area contributed by atoms with Crippen LogP contribution in [0.2, 0.25) is 0 Å². The molecule has 1 fully saturated rings. The molecule has 4 rings (SSSR count). The Labute approximate surface area is 167 Å². The molecule has 1 aliphatic heterocycles. The second-order valence-corrected chi connectivity index (χ2v) is 6.86. The molecule has 0 atom stereocenters. The maximum absolute atomic E-state index is 13.3. The van der Waals surface area contributed by atoms with Gasteiger partial charge in [0.25, 0.3) is 5.91 Å². The largest absolute Gasteiger partial charge is 0.339 e. The second-order valence-electron chi connectivity index (χ2n) is 6.86. The van der Waals surface area contributed by atoms with Gasteiger partial charge in [-0.25, -0.2) is 4.39 Å². The zero-order chi connectivity index (χ0) is 20.2. The molecular formula is C21H20FN5O2. The summed E-state index contributed by atoms with van der Waals surface area (Å²) >= 11 is 0. The monoisotopic (exact) mass is 393 g/mol. The van der Waals surface area contributed by atoms with Crippen LogP contribution in [0.5, 0.6) is 0 Å². The zero-order valence-electron chi connectivity index (χ0n) is 15.7. The van der Waals surface area contributed by atoms with Crippen molar-refractivity contribution >= 4 is 11.8 Å². The lowest BCUT2D eigenvalue weighted by molar-refractivity contribution is -0.131. The number of carbonyl (C=O) groups excluding carboxylic acids is 2. The summed E-state index contributed by atoms with van der Waals surface area (Å²) in [5, 5.41) is 6.95. The molecule has 29 heavy (non-hydrogen) atoms. The average Bonchev–Trinajstić information content (AvgIpc) is 3.24. The lowest BCUT2D eigenvalue weighted by atomic mass is 10.1. The van der Waals surface area contributed by atoms with Crippen molar-refractivity contribution in [2.45, 2.75) is 6.42 Å². The molecule has 0 saturated carbocycles. The summed E-state index contributed by atoms with van der Waals surface area (Å²) in [5.74, 6) is -0.575. The van der Waals surface area contributed by atoms with Crippen molar-refractivity contribution in [2.24, 2.45) is 0 Å². The minimum atomic E-state index is -0.352. The van der Waals surface area contributed by atoms with Crippen LogP contribution in [-0.4, -0.2) is 63.0 Å². The van der Waals surface area contributed by atoms with Crippen molar-refractivity contribution in [3.8, 4) is 11.4 Å². The standard InChI is InChI=1S/C21H20FN5O2/c22-16-5-3-4-15(12-16)13-20(28)26-8-10-27(11-9-26)21(29)19-14-18(24-25-19)17-6-1-2-7-23-17/h1-7,12,14H,8-11,13H2,(H,24,25). The van der Waals surface area contributed by atoms with Crippen LogP contribution < -0.4 is 0 Å². The van der Waals surface area contributed by atoms with Gasteiger partial charge in [-0.15, -0.1) is 0 Å². The Balaban J connectivity index is 1.34. The SMILES string of the molecule is O=C(Cc1cccc(F)c1)N1CCN(C(=O)c2cc(-c3ccccn3)n[nH]2)CC1. The van der Waals surface area contributed by atoms with Crippen molar-refractivity contribution in [3.05, 3.63) is 71.8 Å². The molecule has 0 unspecified atom stereocenters. The van der Waals surface area contributed by atoms with E-state index < -0.39 is 0 Å². The van der Waals surface area contributed by atoms with Crippen molar-refractivity contribution in [1.82, 2.24) is 25.0 Å². The van der Waals surface area contributed by atoms with Crippen molar-refractivity contribution in [1.29, 1.82) is 0 Å². The summed E-state index contributed by atoms with van der Waals surface area (Å²) in [6.07, 6.45) is 1.82. The maximum Gasteiger partial charge on any atom is 0.272 e.